The van der Waals surface area contributed by atoms with Crippen molar-refractivity contribution in [2.75, 3.05) is 4.90 Å². The molecule has 0 radical (unpaired) electrons. The van der Waals surface area contributed by atoms with Gasteiger partial charge >= 0.3 is 0 Å². The zero-order chi connectivity index (χ0) is 29.7. The number of nitrogens with zero attached hydrogens (tertiary/aromatic N) is 3. The zero-order valence-corrected chi connectivity index (χ0v) is 24.9. The van der Waals surface area contributed by atoms with E-state index < -0.39 is 0 Å². The summed E-state index contributed by atoms with van der Waals surface area (Å²) in [5, 5.41) is 5.65. The Hall–Kier alpha value is -5.78. The molecule has 0 N–H and O–H groups in total. The molecular weight excluding hydrogens is 571 g/mol. The van der Waals surface area contributed by atoms with Crippen molar-refractivity contribution >= 4 is 50.1 Å². The average molecular weight is 596 g/mol. The molecule has 0 atom stereocenters. The van der Waals surface area contributed by atoms with E-state index in [0.29, 0.717) is 0 Å². The first-order valence-electron chi connectivity index (χ1n) is 14.9. The molecule has 212 valence electrons. The molecular formula is C40H25N3OS. The van der Waals surface area contributed by atoms with Gasteiger partial charge in [-0.15, -0.1) is 0 Å². The van der Waals surface area contributed by atoms with Crippen LogP contribution >= 0.6 is 11.5 Å². The van der Waals surface area contributed by atoms with Gasteiger partial charge in [-0.25, -0.2) is 4.98 Å². The van der Waals surface area contributed by atoms with Gasteiger partial charge in [0.1, 0.15) is 5.01 Å². The Morgan fingerprint density at radius 1 is 0.489 bits per heavy atom. The van der Waals surface area contributed by atoms with E-state index in [0.717, 1.165) is 56.1 Å². The highest BCUT2D eigenvalue weighted by Gasteiger charge is 2.27. The second kappa shape index (κ2) is 10.4. The fourth-order valence-electron chi connectivity index (χ4n) is 6.37. The molecule has 0 unspecified atom stereocenters. The number of para-hydroxylation sites is 2. The van der Waals surface area contributed by atoms with Crippen molar-refractivity contribution in [1.82, 2.24) is 9.36 Å². The summed E-state index contributed by atoms with van der Waals surface area (Å²) in [6.45, 7) is 0. The van der Waals surface area contributed by atoms with Crippen LogP contribution in [0, 0.1) is 0 Å². The molecule has 8 aromatic rings. The Labute approximate surface area is 264 Å². The van der Waals surface area contributed by atoms with Crippen LogP contribution in [0.4, 0.5) is 17.1 Å². The highest BCUT2D eigenvalue weighted by molar-refractivity contribution is 7.09. The summed E-state index contributed by atoms with van der Waals surface area (Å²) in [4.78, 5) is 7.41. The molecule has 2 heterocycles. The lowest BCUT2D eigenvalue weighted by Gasteiger charge is -2.33. The van der Waals surface area contributed by atoms with E-state index in [1.165, 1.54) is 38.6 Å². The molecule has 0 bridgehead atoms. The van der Waals surface area contributed by atoms with Crippen LogP contribution in [0.1, 0.15) is 0 Å². The molecule has 0 aliphatic carbocycles. The highest BCUT2D eigenvalue weighted by atomic mass is 32.1. The Morgan fingerprint density at radius 2 is 1.11 bits per heavy atom. The van der Waals surface area contributed by atoms with Gasteiger partial charge in [-0.3, -0.25) is 0 Å². The molecule has 0 fully saturated rings. The van der Waals surface area contributed by atoms with Crippen LogP contribution in [0.15, 0.2) is 152 Å². The number of rotatable bonds is 4. The van der Waals surface area contributed by atoms with Crippen molar-refractivity contribution in [3.63, 3.8) is 0 Å². The molecule has 1 aliphatic heterocycles. The first kappa shape index (κ1) is 25.7. The summed E-state index contributed by atoms with van der Waals surface area (Å²) in [5.74, 6) is 2.36. The monoisotopic (exact) mass is 595 g/mol. The first-order valence-corrected chi connectivity index (χ1v) is 15.7. The molecule has 4 nitrogen and oxygen atoms in total. The van der Waals surface area contributed by atoms with Gasteiger partial charge in [0.15, 0.2) is 17.3 Å². The minimum atomic E-state index is 0.726. The van der Waals surface area contributed by atoms with Gasteiger partial charge < -0.3 is 9.64 Å². The maximum atomic E-state index is 6.43. The summed E-state index contributed by atoms with van der Waals surface area (Å²) in [5.41, 5.74) is 7.38. The van der Waals surface area contributed by atoms with Crippen molar-refractivity contribution in [3.8, 4) is 44.6 Å². The predicted molar refractivity (Wildman–Crippen MR) is 186 cm³/mol. The van der Waals surface area contributed by atoms with Crippen molar-refractivity contribution in [2.24, 2.45) is 0 Å². The second-order valence-electron chi connectivity index (χ2n) is 11.1. The van der Waals surface area contributed by atoms with E-state index in [2.05, 4.69) is 138 Å². The van der Waals surface area contributed by atoms with E-state index >= 15 is 0 Å². The van der Waals surface area contributed by atoms with Crippen LogP contribution in [-0.4, -0.2) is 9.36 Å². The smallest absolute Gasteiger partial charge is 0.174 e. The van der Waals surface area contributed by atoms with E-state index in [9.17, 15) is 0 Å². The fraction of sp³-hybridized carbons (Fsp3) is 0. The van der Waals surface area contributed by atoms with Gasteiger partial charge in [0.2, 0.25) is 0 Å². The molecule has 0 saturated carbocycles. The number of hydrogen-bond acceptors (Lipinski definition) is 5. The molecule has 1 aromatic heterocycles. The van der Waals surface area contributed by atoms with Crippen molar-refractivity contribution < 1.29 is 4.74 Å². The lowest BCUT2D eigenvalue weighted by molar-refractivity contribution is 0.477. The fourth-order valence-corrected chi connectivity index (χ4v) is 7.05. The third-order valence-corrected chi connectivity index (χ3v) is 9.22. The Balaban J connectivity index is 1.16. The van der Waals surface area contributed by atoms with Crippen molar-refractivity contribution in [3.05, 3.63) is 152 Å². The normalized spacial score (nSPS) is 12.1. The SMILES string of the molecule is c1ccc2c(c1)Oc1ccc(-c3nc(-c4ccccc4-c4cccc5ccccc45)ns3)cc1N2c1cccc2ccccc12. The zero-order valence-electron chi connectivity index (χ0n) is 24.1. The summed E-state index contributed by atoms with van der Waals surface area (Å²) in [7, 11) is 0. The average Bonchev–Trinajstić information content (AvgIpc) is 3.60. The third-order valence-electron chi connectivity index (χ3n) is 8.45. The minimum absolute atomic E-state index is 0.726. The largest absolute Gasteiger partial charge is 0.453 e. The number of ether oxygens (including phenoxy) is 1. The lowest BCUT2D eigenvalue weighted by Crippen LogP contribution is -2.16. The van der Waals surface area contributed by atoms with Crippen LogP contribution in [0.3, 0.4) is 0 Å². The summed E-state index contributed by atoms with van der Waals surface area (Å²) in [6.07, 6.45) is 0. The Morgan fingerprint density at radius 3 is 2.00 bits per heavy atom. The van der Waals surface area contributed by atoms with E-state index in [1.54, 1.807) is 0 Å². The standard InChI is InChI=1S/C40H25N3OS/c1-3-15-29-26(11-1)13-9-19-31(29)32-17-5-6-18-33(32)39-41-40(45-42-39)28-23-24-38-36(25-28)43(35-20-7-8-22-37(35)44-38)34-21-10-14-27-12-2-4-16-30(27)34/h1-25H. The summed E-state index contributed by atoms with van der Waals surface area (Å²) >= 11 is 1.42. The maximum absolute atomic E-state index is 6.43. The number of aromatic nitrogens is 2. The van der Waals surface area contributed by atoms with Gasteiger partial charge in [0.25, 0.3) is 0 Å². The van der Waals surface area contributed by atoms with E-state index in [1.807, 2.05) is 18.2 Å². The molecule has 45 heavy (non-hydrogen) atoms. The van der Waals surface area contributed by atoms with Crippen LogP contribution < -0.4 is 9.64 Å². The number of fused-ring (bicyclic) bond motifs is 4. The topological polar surface area (TPSA) is 38.3 Å². The predicted octanol–water partition coefficient (Wildman–Crippen LogP) is 11.4. The molecule has 0 amide bonds. The molecule has 7 aromatic carbocycles. The van der Waals surface area contributed by atoms with Crippen molar-refractivity contribution in [1.29, 1.82) is 0 Å². The Kier molecular flexibility index (Phi) is 5.96. The summed E-state index contributed by atoms with van der Waals surface area (Å²) < 4.78 is 11.3. The van der Waals surface area contributed by atoms with Crippen molar-refractivity contribution in [2.45, 2.75) is 0 Å². The van der Waals surface area contributed by atoms with E-state index in [-0.39, 0.29) is 0 Å². The number of hydrogen-bond donors (Lipinski definition) is 0. The van der Waals surface area contributed by atoms with Gasteiger partial charge in [-0.05, 0) is 75.2 Å². The quantitative estimate of drug-likeness (QED) is 0.203. The molecule has 0 saturated heterocycles. The molecule has 5 heteroatoms. The lowest BCUT2D eigenvalue weighted by atomic mass is 9.94. The summed E-state index contributed by atoms with van der Waals surface area (Å²) in [6, 6.07) is 52.8. The maximum Gasteiger partial charge on any atom is 0.174 e. The van der Waals surface area contributed by atoms with E-state index in [4.69, 9.17) is 14.1 Å². The van der Waals surface area contributed by atoms with Gasteiger partial charge in [-0.2, -0.15) is 4.37 Å². The first-order chi connectivity index (χ1) is 22.3. The molecule has 9 rings (SSSR count). The minimum Gasteiger partial charge on any atom is -0.453 e. The highest BCUT2D eigenvalue weighted by Crippen LogP contribution is 2.52. The van der Waals surface area contributed by atoms with Crippen LogP contribution in [0.25, 0.3) is 54.6 Å². The molecule has 0 spiro atoms. The second-order valence-corrected chi connectivity index (χ2v) is 11.8. The third kappa shape index (κ3) is 4.28. The van der Waals surface area contributed by atoms with Gasteiger partial charge in [0.05, 0.1) is 17.1 Å². The van der Waals surface area contributed by atoms with Crippen LogP contribution in [0.2, 0.25) is 0 Å². The Bertz CT molecular complexity index is 2380. The molecule has 1 aliphatic rings. The van der Waals surface area contributed by atoms with Gasteiger partial charge in [0, 0.05) is 16.5 Å². The van der Waals surface area contributed by atoms with Gasteiger partial charge in [-0.1, -0.05) is 115 Å². The van der Waals surface area contributed by atoms with Crippen LogP contribution in [-0.2, 0) is 0 Å². The number of benzene rings is 7. The van der Waals surface area contributed by atoms with Crippen LogP contribution in [0.5, 0.6) is 11.5 Å². The number of anilines is 3.